The van der Waals surface area contributed by atoms with Gasteiger partial charge in [-0.15, -0.1) is 0 Å². The predicted octanol–water partition coefficient (Wildman–Crippen LogP) is 4.26. The van der Waals surface area contributed by atoms with Gasteiger partial charge in [-0.25, -0.2) is 0 Å². The van der Waals surface area contributed by atoms with Gasteiger partial charge in [0.05, 0.1) is 0 Å². The summed E-state index contributed by atoms with van der Waals surface area (Å²) in [5, 5.41) is 9.88. The van der Waals surface area contributed by atoms with Gasteiger partial charge in [0.25, 0.3) is 0 Å². The molecule has 38 heavy (non-hydrogen) atoms. The molecule has 10 heteroatoms. The normalized spacial score (nSPS) is 24.0. The van der Waals surface area contributed by atoms with E-state index in [0.717, 1.165) is 18.4 Å². The molecular formula is C28H35BN2O7. The number of hydrogen-bond donors (Lipinski definition) is 2. The first-order chi connectivity index (χ1) is 18.4. The number of fused-ring (bicyclic) bond motifs is 3. The Hall–Kier alpha value is -3.24. The van der Waals surface area contributed by atoms with Crippen LogP contribution in [0.15, 0.2) is 48.5 Å². The fourth-order valence-corrected chi connectivity index (χ4v) is 5.19. The molecule has 1 aliphatic heterocycles. The molecule has 5 atom stereocenters. The molecular weight excluding hydrogens is 487 g/mol. The summed E-state index contributed by atoms with van der Waals surface area (Å²) in [6.45, 7) is 6.44. The van der Waals surface area contributed by atoms with Crippen LogP contribution < -0.4 is 5.32 Å². The van der Waals surface area contributed by atoms with E-state index < -0.39 is 24.5 Å². The summed E-state index contributed by atoms with van der Waals surface area (Å²) in [4.78, 5) is 24.1. The van der Waals surface area contributed by atoms with E-state index in [4.69, 9.17) is 28.9 Å². The zero-order valence-corrected chi connectivity index (χ0v) is 22.1. The van der Waals surface area contributed by atoms with Crippen molar-refractivity contribution in [3.05, 3.63) is 59.7 Å². The molecule has 1 saturated heterocycles. The minimum absolute atomic E-state index is 0.00658. The SMILES string of the molecule is CC(=O)OC1[C@@H](OCCCNC(=O)OCC2c3ccccc3-c3ccccc32)OC(COB=N)[C@@H](C)[C@@H]1C. The van der Waals surface area contributed by atoms with Gasteiger partial charge >= 0.3 is 140 Å². The second-order valence-corrected chi connectivity index (χ2v) is 9.76. The molecule has 1 fully saturated rings. The van der Waals surface area contributed by atoms with Crippen molar-refractivity contribution in [1.29, 1.82) is 5.31 Å². The van der Waals surface area contributed by atoms with Crippen LogP contribution in [0.4, 0.5) is 4.79 Å². The van der Waals surface area contributed by atoms with Gasteiger partial charge in [-0.05, 0) is 22.3 Å². The molecule has 1 aliphatic carbocycles. The third-order valence-corrected chi connectivity index (χ3v) is 7.37. The molecule has 0 spiro atoms. The number of nitrogens with one attached hydrogen (secondary N) is 2. The molecule has 2 aliphatic rings. The molecule has 1 amide bonds. The number of esters is 1. The van der Waals surface area contributed by atoms with Crippen LogP contribution in [0.5, 0.6) is 0 Å². The maximum atomic E-state index is 12.4. The number of benzene rings is 2. The van der Waals surface area contributed by atoms with Crippen molar-refractivity contribution >= 4 is 19.3 Å². The molecule has 2 aromatic rings. The molecule has 2 N–H and O–H groups in total. The monoisotopic (exact) mass is 522 g/mol. The quantitative estimate of drug-likeness (QED) is 0.257. The first kappa shape index (κ1) is 27.8. The van der Waals surface area contributed by atoms with Gasteiger partial charge in [0, 0.05) is 5.92 Å². The van der Waals surface area contributed by atoms with Crippen molar-refractivity contribution in [2.75, 3.05) is 26.4 Å². The molecule has 4 rings (SSSR count). The summed E-state index contributed by atoms with van der Waals surface area (Å²) >= 11 is 0. The Labute approximate surface area is 223 Å². The summed E-state index contributed by atoms with van der Waals surface area (Å²) in [6.07, 6.45) is -1.59. The second-order valence-electron chi connectivity index (χ2n) is 9.76. The summed E-state index contributed by atoms with van der Waals surface area (Å²) in [6, 6.07) is 16.4. The molecule has 2 unspecified atom stereocenters. The first-order valence-electron chi connectivity index (χ1n) is 13.0. The Morgan fingerprint density at radius 1 is 1.00 bits per heavy atom. The van der Waals surface area contributed by atoms with Crippen LogP contribution in [0.3, 0.4) is 0 Å². The number of ether oxygens (including phenoxy) is 4. The third-order valence-electron chi connectivity index (χ3n) is 7.37. The predicted molar refractivity (Wildman–Crippen MR) is 141 cm³/mol. The second kappa shape index (κ2) is 13.0. The molecule has 0 aromatic heterocycles. The molecule has 202 valence electrons. The average molecular weight is 522 g/mol. The minimum atomic E-state index is -0.765. The van der Waals surface area contributed by atoms with Crippen molar-refractivity contribution in [2.24, 2.45) is 11.8 Å². The number of carbonyl (C=O) groups excluding carboxylic acids is 2. The summed E-state index contributed by atoms with van der Waals surface area (Å²) in [5.74, 6) is -0.394. The number of amides is 1. The Morgan fingerprint density at radius 3 is 2.29 bits per heavy atom. The average Bonchev–Trinajstić information content (AvgIpc) is 3.23. The molecule has 0 bridgehead atoms. The molecule has 2 aromatic carbocycles. The maximum absolute atomic E-state index is 12.4. The van der Waals surface area contributed by atoms with Gasteiger partial charge < -0.3 is 0 Å². The van der Waals surface area contributed by atoms with Gasteiger partial charge in [-0.2, -0.15) is 0 Å². The molecule has 0 saturated carbocycles. The van der Waals surface area contributed by atoms with Crippen molar-refractivity contribution < 1.29 is 33.2 Å². The van der Waals surface area contributed by atoms with E-state index >= 15 is 0 Å². The zero-order valence-electron chi connectivity index (χ0n) is 22.1. The van der Waals surface area contributed by atoms with E-state index in [2.05, 4.69) is 29.6 Å². The van der Waals surface area contributed by atoms with Crippen LogP contribution in [0.1, 0.15) is 44.2 Å². The van der Waals surface area contributed by atoms with Crippen molar-refractivity contribution in [3.8, 4) is 11.1 Å². The topological polar surface area (TPSA) is 116 Å². The van der Waals surface area contributed by atoms with Crippen molar-refractivity contribution in [1.82, 2.24) is 5.32 Å². The van der Waals surface area contributed by atoms with Crippen LogP contribution in [0.25, 0.3) is 11.1 Å². The van der Waals surface area contributed by atoms with Crippen LogP contribution in [0, 0.1) is 17.1 Å². The van der Waals surface area contributed by atoms with Gasteiger partial charge in [-0.3, -0.25) is 0 Å². The van der Waals surface area contributed by atoms with Gasteiger partial charge in [0.2, 0.25) is 0 Å². The van der Waals surface area contributed by atoms with E-state index in [1.807, 2.05) is 38.1 Å². The Bertz CT molecular complexity index is 1080. The van der Waals surface area contributed by atoms with Crippen LogP contribution in [0.2, 0.25) is 0 Å². The first-order valence-corrected chi connectivity index (χ1v) is 13.0. The van der Waals surface area contributed by atoms with E-state index in [-0.39, 0.29) is 43.7 Å². The molecule has 0 radical (unpaired) electrons. The van der Waals surface area contributed by atoms with Crippen LogP contribution >= 0.6 is 0 Å². The van der Waals surface area contributed by atoms with Gasteiger partial charge in [0.15, 0.2) is 0 Å². The van der Waals surface area contributed by atoms with Crippen LogP contribution in [-0.4, -0.2) is 64.2 Å². The van der Waals surface area contributed by atoms with Crippen molar-refractivity contribution in [2.45, 2.75) is 51.6 Å². The molecule has 9 nitrogen and oxygen atoms in total. The fourth-order valence-electron chi connectivity index (χ4n) is 5.19. The number of alkyl carbamates (subject to hydrolysis) is 1. The summed E-state index contributed by atoms with van der Waals surface area (Å²) < 4.78 is 28.1. The van der Waals surface area contributed by atoms with E-state index in [9.17, 15) is 9.59 Å². The number of rotatable bonds is 11. The van der Waals surface area contributed by atoms with E-state index in [1.165, 1.54) is 18.1 Å². The molecule has 1 heterocycles. The van der Waals surface area contributed by atoms with Crippen molar-refractivity contribution in [3.63, 3.8) is 0 Å². The Morgan fingerprint density at radius 2 is 1.66 bits per heavy atom. The fraction of sp³-hybridized carbons (Fsp3) is 0.500. The van der Waals surface area contributed by atoms with E-state index in [1.54, 1.807) is 0 Å². The standard InChI is InChI=1S/C28H35BN2O7/c1-17-18(2)26(37-19(3)32)27(38-25(17)16-36-29-30)34-14-8-13-31-28(33)35-15-24-22-11-6-4-9-20(22)21-10-5-7-12-23(21)24/h4-7,9-12,17-18,24-27,30H,8,13-16H2,1-3H3,(H,31,33)/t17-,18-,25?,26?,27-/m0/s1. The zero-order chi connectivity index (χ0) is 27.1. The van der Waals surface area contributed by atoms with Crippen LogP contribution in [-0.2, 0) is 28.4 Å². The number of carbonyl (C=O) groups is 2. The van der Waals surface area contributed by atoms with E-state index in [0.29, 0.717) is 13.0 Å². The Kier molecular flexibility index (Phi) is 9.52. The van der Waals surface area contributed by atoms with Gasteiger partial charge in [0.1, 0.15) is 6.61 Å². The Balaban J connectivity index is 1.23. The van der Waals surface area contributed by atoms with Gasteiger partial charge in [-0.1, -0.05) is 48.5 Å². The summed E-state index contributed by atoms with van der Waals surface area (Å²) in [5.41, 5.74) is 4.69. The summed E-state index contributed by atoms with van der Waals surface area (Å²) in [7, 11) is 0.879. The third kappa shape index (κ3) is 6.42. The number of hydrogen-bond acceptors (Lipinski definition) is 8.